The molecule has 1 heterocycles. The summed E-state index contributed by atoms with van der Waals surface area (Å²) >= 11 is 0. The van der Waals surface area contributed by atoms with Gasteiger partial charge in [-0.25, -0.2) is 13.1 Å². The molecule has 26 heavy (non-hydrogen) atoms. The Morgan fingerprint density at radius 3 is 2.38 bits per heavy atom. The van der Waals surface area contributed by atoms with Gasteiger partial charge in [0, 0.05) is 17.1 Å². The number of H-pyrrole nitrogens is 1. The first kappa shape index (κ1) is 17.3. The minimum Gasteiger partial charge on any atom is -0.361 e. The number of nitrogens with one attached hydrogen (secondary N) is 2. The lowest BCUT2D eigenvalue weighted by atomic mass is 9.81. The topological polar surface area (TPSA) is 62.0 Å². The van der Waals surface area contributed by atoms with E-state index in [1.54, 1.807) is 24.3 Å². The van der Waals surface area contributed by atoms with Crippen molar-refractivity contribution in [1.82, 2.24) is 9.71 Å². The lowest BCUT2D eigenvalue weighted by Gasteiger charge is -2.30. The van der Waals surface area contributed by atoms with E-state index in [1.807, 2.05) is 30.5 Å². The standard InChI is InChI=1S/C21H24N2O2S/c24-26(25,17-11-5-2-6-12-17)23-21(16-9-3-1-4-10-16)19-15-22-20-14-8-7-13-18(19)20/h2,5-8,11-16,21-23H,1,3-4,9-10H2/t21-/m1/s1. The Bertz CT molecular complexity index is 973. The molecule has 1 aliphatic carbocycles. The van der Waals surface area contributed by atoms with Crippen molar-refractivity contribution in [3.63, 3.8) is 0 Å². The number of aromatic nitrogens is 1. The van der Waals surface area contributed by atoms with Crippen LogP contribution in [-0.4, -0.2) is 13.4 Å². The van der Waals surface area contributed by atoms with E-state index in [-0.39, 0.29) is 6.04 Å². The van der Waals surface area contributed by atoms with Gasteiger partial charge in [0.25, 0.3) is 0 Å². The van der Waals surface area contributed by atoms with Gasteiger partial charge in [-0.1, -0.05) is 55.7 Å². The molecule has 1 aromatic heterocycles. The number of aromatic amines is 1. The second kappa shape index (κ2) is 7.25. The van der Waals surface area contributed by atoms with Crippen LogP contribution in [0.15, 0.2) is 65.7 Å². The summed E-state index contributed by atoms with van der Waals surface area (Å²) in [6.07, 6.45) is 7.65. The average Bonchev–Trinajstić information content (AvgIpc) is 3.11. The summed E-state index contributed by atoms with van der Waals surface area (Å²) < 4.78 is 29.0. The van der Waals surface area contributed by atoms with Gasteiger partial charge in [0.15, 0.2) is 0 Å². The van der Waals surface area contributed by atoms with Crippen molar-refractivity contribution in [3.05, 3.63) is 66.4 Å². The molecule has 0 aliphatic heterocycles. The van der Waals surface area contributed by atoms with Crippen LogP contribution in [0.1, 0.15) is 43.7 Å². The zero-order chi connectivity index (χ0) is 18.0. The second-order valence-electron chi connectivity index (χ2n) is 7.10. The molecule has 0 radical (unpaired) electrons. The zero-order valence-corrected chi connectivity index (χ0v) is 15.5. The Hall–Kier alpha value is -2.11. The summed E-state index contributed by atoms with van der Waals surface area (Å²) in [5.74, 6) is 0.321. The van der Waals surface area contributed by atoms with Gasteiger partial charge in [-0.3, -0.25) is 0 Å². The molecule has 0 bridgehead atoms. The Kier molecular flexibility index (Phi) is 4.83. The molecule has 2 aromatic carbocycles. The monoisotopic (exact) mass is 368 g/mol. The molecule has 1 atom stereocenters. The van der Waals surface area contributed by atoms with Gasteiger partial charge in [0.05, 0.1) is 10.9 Å². The number of para-hydroxylation sites is 1. The van der Waals surface area contributed by atoms with Crippen molar-refractivity contribution in [2.75, 3.05) is 0 Å². The maximum atomic E-state index is 13.0. The third-order valence-electron chi connectivity index (χ3n) is 5.41. The molecular weight excluding hydrogens is 344 g/mol. The molecule has 0 unspecified atom stereocenters. The fourth-order valence-electron chi connectivity index (χ4n) is 4.07. The molecule has 1 saturated carbocycles. The molecule has 3 aromatic rings. The number of sulfonamides is 1. The van der Waals surface area contributed by atoms with Crippen LogP contribution >= 0.6 is 0 Å². The highest BCUT2D eigenvalue weighted by Crippen LogP contribution is 2.38. The molecular formula is C21H24N2O2S. The molecule has 0 amide bonds. The summed E-state index contributed by atoms with van der Waals surface area (Å²) in [6.45, 7) is 0. The normalized spacial score (nSPS) is 17.4. The Labute approximate surface area is 154 Å². The fraction of sp³-hybridized carbons (Fsp3) is 0.333. The molecule has 5 heteroatoms. The van der Waals surface area contributed by atoms with E-state index in [1.165, 1.54) is 6.42 Å². The Balaban J connectivity index is 1.74. The van der Waals surface area contributed by atoms with Crippen LogP contribution in [0.25, 0.3) is 10.9 Å². The van der Waals surface area contributed by atoms with E-state index >= 15 is 0 Å². The molecule has 1 aliphatic rings. The van der Waals surface area contributed by atoms with Crippen LogP contribution in [0, 0.1) is 5.92 Å². The predicted octanol–water partition coefficient (Wildman–Crippen LogP) is 4.77. The van der Waals surface area contributed by atoms with E-state index < -0.39 is 10.0 Å². The fourth-order valence-corrected chi connectivity index (χ4v) is 5.37. The molecule has 4 nitrogen and oxygen atoms in total. The number of hydrogen-bond donors (Lipinski definition) is 2. The van der Waals surface area contributed by atoms with Crippen LogP contribution in [-0.2, 0) is 10.0 Å². The van der Waals surface area contributed by atoms with Crippen molar-refractivity contribution < 1.29 is 8.42 Å². The lowest BCUT2D eigenvalue weighted by Crippen LogP contribution is -2.34. The molecule has 2 N–H and O–H groups in total. The second-order valence-corrected chi connectivity index (χ2v) is 8.81. The SMILES string of the molecule is O=S(=O)(N[C@@H](c1c[nH]c2ccccc12)C1CCCCC1)c1ccccc1. The van der Waals surface area contributed by atoms with Crippen LogP contribution in [0.3, 0.4) is 0 Å². The minimum absolute atomic E-state index is 0.211. The number of hydrogen-bond acceptors (Lipinski definition) is 2. The largest absolute Gasteiger partial charge is 0.361 e. The summed E-state index contributed by atoms with van der Waals surface area (Å²) in [5.41, 5.74) is 2.09. The van der Waals surface area contributed by atoms with Gasteiger partial charge < -0.3 is 4.98 Å². The van der Waals surface area contributed by atoms with Gasteiger partial charge in [-0.15, -0.1) is 0 Å². The van der Waals surface area contributed by atoms with Crippen LogP contribution in [0.4, 0.5) is 0 Å². The van der Waals surface area contributed by atoms with Crippen molar-refractivity contribution in [1.29, 1.82) is 0 Å². The molecule has 136 valence electrons. The van der Waals surface area contributed by atoms with Gasteiger partial charge >= 0.3 is 0 Å². The van der Waals surface area contributed by atoms with Crippen LogP contribution in [0.2, 0.25) is 0 Å². The maximum Gasteiger partial charge on any atom is 0.241 e. The summed E-state index contributed by atoms with van der Waals surface area (Å²) in [7, 11) is -3.57. The molecule has 4 rings (SSSR count). The van der Waals surface area contributed by atoms with Crippen molar-refractivity contribution in [3.8, 4) is 0 Å². The first-order valence-corrected chi connectivity index (χ1v) is 10.8. The zero-order valence-electron chi connectivity index (χ0n) is 14.7. The van der Waals surface area contributed by atoms with Crippen molar-refractivity contribution in [2.45, 2.75) is 43.0 Å². The van der Waals surface area contributed by atoms with Gasteiger partial charge in [-0.2, -0.15) is 0 Å². The summed E-state index contributed by atoms with van der Waals surface area (Å²) in [6, 6.07) is 16.5. The number of fused-ring (bicyclic) bond motifs is 1. The van der Waals surface area contributed by atoms with Crippen LogP contribution < -0.4 is 4.72 Å². The maximum absolute atomic E-state index is 13.0. The van der Waals surface area contributed by atoms with Gasteiger partial charge in [0.2, 0.25) is 10.0 Å². The highest BCUT2D eigenvalue weighted by molar-refractivity contribution is 7.89. The van der Waals surface area contributed by atoms with E-state index in [0.717, 1.165) is 42.1 Å². The third-order valence-corrected chi connectivity index (χ3v) is 6.87. The van der Waals surface area contributed by atoms with E-state index in [2.05, 4.69) is 15.8 Å². The van der Waals surface area contributed by atoms with Gasteiger partial charge in [0.1, 0.15) is 0 Å². The summed E-state index contributed by atoms with van der Waals surface area (Å²) in [5, 5.41) is 1.10. The predicted molar refractivity (Wildman–Crippen MR) is 104 cm³/mol. The highest BCUT2D eigenvalue weighted by atomic mass is 32.2. The summed E-state index contributed by atoms with van der Waals surface area (Å²) in [4.78, 5) is 3.62. The van der Waals surface area contributed by atoms with Crippen molar-refractivity contribution >= 4 is 20.9 Å². The molecule has 0 saturated heterocycles. The van der Waals surface area contributed by atoms with E-state index in [4.69, 9.17) is 0 Å². The van der Waals surface area contributed by atoms with E-state index in [0.29, 0.717) is 10.8 Å². The quantitative estimate of drug-likeness (QED) is 0.681. The Morgan fingerprint density at radius 1 is 0.923 bits per heavy atom. The first-order chi connectivity index (χ1) is 12.6. The number of rotatable bonds is 5. The van der Waals surface area contributed by atoms with Crippen molar-refractivity contribution in [2.24, 2.45) is 5.92 Å². The first-order valence-electron chi connectivity index (χ1n) is 9.28. The Morgan fingerprint density at radius 2 is 1.62 bits per heavy atom. The lowest BCUT2D eigenvalue weighted by molar-refractivity contribution is 0.295. The van der Waals surface area contributed by atoms with Gasteiger partial charge in [-0.05, 0) is 42.5 Å². The molecule has 0 spiro atoms. The third kappa shape index (κ3) is 3.41. The van der Waals surface area contributed by atoms with E-state index in [9.17, 15) is 8.42 Å². The number of benzene rings is 2. The van der Waals surface area contributed by atoms with Crippen LogP contribution in [0.5, 0.6) is 0 Å². The minimum atomic E-state index is -3.57. The molecule has 1 fully saturated rings. The smallest absolute Gasteiger partial charge is 0.241 e. The highest BCUT2D eigenvalue weighted by Gasteiger charge is 2.31. The average molecular weight is 369 g/mol.